The van der Waals surface area contributed by atoms with E-state index in [2.05, 4.69) is 47.6 Å². The first-order valence-electron chi connectivity index (χ1n) is 27.7. The number of nitrogens with one attached hydrogen (secondary N) is 3. The molecule has 8 N–H and O–H groups in total. The number of carbonyl (C=O) groups excluding carboxylic acids is 5. The molecule has 0 bridgehead atoms. The number of aliphatic hydroxyl groups excluding tert-OH is 1. The third kappa shape index (κ3) is 16.8. The Hall–Kier alpha value is -5.38. The molecule has 4 aromatic rings. The van der Waals surface area contributed by atoms with Crippen molar-refractivity contribution in [3.63, 3.8) is 0 Å². The number of nitrogen functional groups attached to an aromatic ring is 1. The van der Waals surface area contributed by atoms with Crippen molar-refractivity contribution >= 4 is 81.6 Å². The van der Waals surface area contributed by atoms with Crippen molar-refractivity contribution in [2.45, 2.75) is 165 Å². The van der Waals surface area contributed by atoms with Crippen molar-refractivity contribution in [1.29, 1.82) is 0 Å². The van der Waals surface area contributed by atoms with E-state index in [1.54, 1.807) is 29.7 Å². The van der Waals surface area contributed by atoms with Gasteiger partial charge in [0.15, 0.2) is 5.82 Å². The number of aryl methyl sites for hydroxylation is 1. The molecule has 3 aliphatic heterocycles. The third-order valence-electron chi connectivity index (χ3n) is 15.2. The van der Waals surface area contributed by atoms with E-state index in [4.69, 9.17) is 23.1 Å². The molecule has 5 amide bonds. The van der Waals surface area contributed by atoms with Gasteiger partial charge in [0.1, 0.15) is 22.9 Å². The monoisotopic (exact) mass is 1130 g/mol. The van der Waals surface area contributed by atoms with Crippen molar-refractivity contribution in [3.8, 4) is 10.4 Å². The van der Waals surface area contributed by atoms with Gasteiger partial charge in [0, 0.05) is 81.9 Å². The van der Waals surface area contributed by atoms with Crippen LogP contribution in [0.5, 0.6) is 0 Å². The lowest BCUT2D eigenvalue weighted by molar-refractivity contribution is -0.144. The van der Waals surface area contributed by atoms with Gasteiger partial charge in [-0.1, -0.05) is 107 Å². The van der Waals surface area contributed by atoms with Crippen LogP contribution >= 0.6 is 34.7 Å². The Bertz CT molecular complexity index is 2680. The highest BCUT2D eigenvalue weighted by molar-refractivity contribution is 7.99. The maximum atomic E-state index is 14.1. The first kappa shape index (κ1) is 60.3. The lowest BCUT2D eigenvalue weighted by Crippen LogP contribution is -2.57. The number of amides is 5. The van der Waals surface area contributed by atoms with Gasteiger partial charge in [-0.3, -0.25) is 28.9 Å². The number of nitrogens with zero attached hydrogens (tertiary/aromatic N) is 7. The van der Waals surface area contributed by atoms with E-state index in [1.165, 1.54) is 16.7 Å². The Morgan fingerprint density at radius 2 is 1.56 bits per heavy atom. The molecule has 3 aliphatic rings. The summed E-state index contributed by atoms with van der Waals surface area (Å²) >= 11 is 9.61. The molecule has 3 fully saturated rings. The summed E-state index contributed by atoms with van der Waals surface area (Å²) in [5.74, 6) is -0.229. The zero-order valence-corrected chi connectivity index (χ0v) is 48.7. The highest BCUT2D eigenvalue weighted by Crippen LogP contribution is 2.39. The van der Waals surface area contributed by atoms with Crippen LogP contribution in [0, 0.1) is 12.3 Å². The van der Waals surface area contributed by atoms with Crippen LogP contribution in [0.2, 0.25) is 5.02 Å². The summed E-state index contributed by atoms with van der Waals surface area (Å²) in [5, 5.41) is 20.5. The molecule has 0 radical (unpaired) electrons. The number of nitrogens with two attached hydrogens (primary N) is 2. The number of unbranched alkanes of at least 4 members (excludes halogenated alkanes) is 6. The fraction of sp³-hybridized carbons (Fsp3) is 0.579. The predicted molar refractivity (Wildman–Crippen MR) is 310 cm³/mol. The molecule has 2 aromatic carbocycles. The lowest BCUT2D eigenvalue weighted by Gasteiger charge is -2.37. The van der Waals surface area contributed by atoms with E-state index in [0.717, 1.165) is 106 Å². The Labute approximate surface area is 473 Å². The zero-order chi connectivity index (χ0) is 56.1. The number of piperidine rings is 1. The molecule has 7 rings (SSSR count). The number of hydrogen-bond donors (Lipinski definition) is 6. The van der Waals surface area contributed by atoms with Crippen molar-refractivity contribution in [2.24, 2.45) is 11.1 Å². The summed E-state index contributed by atoms with van der Waals surface area (Å²) in [5.41, 5.74) is 17.0. The topological polar surface area (TPSA) is 245 Å². The van der Waals surface area contributed by atoms with Gasteiger partial charge in [-0.25, -0.2) is 15.0 Å². The summed E-state index contributed by atoms with van der Waals surface area (Å²) in [6.07, 6.45) is 10.1. The average Bonchev–Trinajstić information content (AvgIpc) is 4.06. The molecule has 4 atom stereocenters. The van der Waals surface area contributed by atoms with Crippen molar-refractivity contribution in [2.75, 3.05) is 68.3 Å². The largest absolute Gasteiger partial charge is 0.391 e. The Morgan fingerprint density at radius 1 is 0.885 bits per heavy atom. The van der Waals surface area contributed by atoms with Gasteiger partial charge in [-0.15, -0.1) is 11.3 Å². The van der Waals surface area contributed by atoms with Gasteiger partial charge in [-0.05, 0) is 81.7 Å². The minimum Gasteiger partial charge on any atom is -0.391 e. The second kappa shape index (κ2) is 27.7. The van der Waals surface area contributed by atoms with Crippen LogP contribution in [0.4, 0.5) is 17.3 Å². The molecule has 2 aromatic heterocycles. The first-order valence-corrected chi connectivity index (χ1v) is 29.7. The van der Waals surface area contributed by atoms with Gasteiger partial charge in [0.05, 0.1) is 45.1 Å². The standard InChI is InChI=1S/C57H81ClN12O6S2/c1-37(39-18-20-40(21-19-39)50-38(2)62-36-77-50)63-53(75)43-33-41(71)35-70(43)55(76)51(56(3,4)5)66-46(72)17-12-10-8-7-9-11-13-26-67-29-31-69(32-30-67)48(74)23-22-47(73)64-42-15-14-16-44(49(42)58)78-54-52(59)65-45(34-61-54)68-27-24-57(6,60)25-28-68/h14-16,18-21,34,36-37,41,43,51,71H,7-13,17,22-33,35,60H2,1-6H3,(H2,59,65)(H,63,75)(H,64,73)(H,66,72)/t37-,41+,43-,51+/m0/s1. The number of piperazine rings is 1. The molecule has 5 heterocycles. The molecule has 0 aliphatic carbocycles. The van der Waals surface area contributed by atoms with Crippen LogP contribution in [0.1, 0.15) is 135 Å². The maximum absolute atomic E-state index is 14.1. The van der Waals surface area contributed by atoms with Crippen LogP contribution in [-0.4, -0.2) is 140 Å². The molecule has 0 spiro atoms. The first-order chi connectivity index (χ1) is 37.1. The number of benzene rings is 2. The number of β-amino-alcohol motifs (C(OH)–C–C–N with tert-alkyl or cyclic N) is 1. The minimum absolute atomic E-state index is 0.0221. The fourth-order valence-electron chi connectivity index (χ4n) is 10.2. The van der Waals surface area contributed by atoms with E-state index in [1.807, 2.05) is 75.4 Å². The normalized spacial score (nSPS) is 18.6. The van der Waals surface area contributed by atoms with Crippen LogP contribution in [0.15, 0.2) is 64.1 Å². The molecule has 78 heavy (non-hydrogen) atoms. The number of halogens is 1. The number of rotatable bonds is 23. The fourth-order valence-corrected chi connectivity index (χ4v) is 12.1. The molecular weight excluding hydrogens is 1050 g/mol. The van der Waals surface area contributed by atoms with E-state index in [0.29, 0.717) is 58.2 Å². The minimum atomic E-state index is -0.863. The molecule has 21 heteroatoms. The van der Waals surface area contributed by atoms with E-state index >= 15 is 0 Å². The van der Waals surface area contributed by atoms with Gasteiger partial charge in [0.25, 0.3) is 0 Å². The van der Waals surface area contributed by atoms with Crippen LogP contribution < -0.4 is 32.3 Å². The molecule has 18 nitrogen and oxygen atoms in total. The van der Waals surface area contributed by atoms with Crippen molar-refractivity contribution in [1.82, 2.24) is 40.3 Å². The maximum Gasteiger partial charge on any atom is 0.246 e. The van der Waals surface area contributed by atoms with E-state index in [-0.39, 0.29) is 66.9 Å². The number of aliphatic hydroxyl groups is 1. The van der Waals surface area contributed by atoms with Crippen LogP contribution in [-0.2, 0) is 24.0 Å². The molecule has 0 saturated carbocycles. The summed E-state index contributed by atoms with van der Waals surface area (Å²) in [7, 11) is 0. The number of aromatic nitrogens is 3. The highest BCUT2D eigenvalue weighted by Gasteiger charge is 2.45. The van der Waals surface area contributed by atoms with Gasteiger partial charge < -0.3 is 47.2 Å². The second-order valence-corrected chi connectivity index (χ2v) is 24.9. The Morgan fingerprint density at radius 3 is 2.22 bits per heavy atom. The summed E-state index contributed by atoms with van der Waals surface area (Å²) in [6, 6.07) is 11.3. The molecule has 0 unspecified atom stereocenters. The lowest BCUT2D eigenvalue weighted by atomic mass is 9.85. The van der Waals surface area contributed by atoms with Crippen LogP contribution in [0.25, 0.3) is 10.4 Å². The SMILES string of the molecule is Cc1ncsc1-c1ccc([C@H](C)NC(=O)[C@@H]2C[C@@H](O)CN2C(=O)[C@@H](NC(=O)CCCCCCCCCN2CCN(C(=O)CCC(=O)Nc3cccc(Sc4ncc(N5CCC(C)(N)CC5)nc4N)c3Cl)CC2)C(C)(C)C)cc1. The predicted octanol–water partition coefficient (Wildman–Crippen LogP) is 7.97. The van der Waals surface area contributed by atoms with Crippen molar-refractivity contribution < 1.29 is 29.1 Å². The summed E-state index contributed by atoms with van der Waals surface area (Å²) in [4.78, 5) is 90.3. The molecular formula is C57H81ClN12O6S2. The molecule has 3 saturated heterocycles. The van der Waals surface area contributed by atoms with Crippen LogP contribution in [0.3, 0.4) is 0 Å². The smallest absolute Gasteiger partial charge is 0.246 e. The average molecular weight is 1130 g/mol. The number of likely N-dealkylation sites (tertiary alicyclic amines) is 1. The number of thiazole rings is 1. The highest BCUT2D eigenvalue weighted by atomic mass is 35.5. The van der Waals surface area contributed by atoms with Gasteiger partial charge >= 0.3 is 0 Å². The second-order valence-electron chi connectivity index (χ2n) is 22.7. The molecule has 424 valence electrons. The van der Waals surface area contributed by atoms with Crippen molar-refractivity contribution in [3.05, 3.63) is 70.5 Å². The van der Waals surface area contributed by atoms with Gasteiger partial charge in [0.2, 0.25) is 29.5 Å². The Kier molecular flexibility index (Phi) is 21.4. The quantitative estimate of drug-likeness (QED) is 0.0386. The van der Waals surface area contributed by atoms with Gasteiger partial charge in [-0.2, -0.15) is 0 Å². The number of anilines is 3. The van der Waals surface area contributed by atoms with E-state index in [9.17, 15) is 29.1 Å². The van der Waals surface area contributed by atoms with E-state index < -0.39 is 23.6 Å². The Balaban J connectivity index is 0.734. The number of hydrogen-bond acceptors (Lipinski definition) is 15. The number of carbonyl (C=O) groups is 5. The third-order valence-corrected chi connectivity index (χ3v) is 17.7. The zero-order valence-electron chi connectivity index (χ0n) is 46.3. The summed E-state index contributed by atoms with van der Waals surface area (Å²) < 4.78 is 0. The summed E-state index contributed by atoms with van der Waals surface area (Å²) in [6.45, 7) is 17.0.